The molecule has 11 heavy (non-hydrogen) atoms. The van der Waals surface area contributed by atoms with Gasteiger partial charge in [-0.25, -0.2) is 4.21 Å². The fourth-order valence-electron chi connectivity index (χ4n) is 1.28. The van der Waals surface area contributed by atoms with Crippen molar-refractivity contribution in [3.05, 3.63) is 34.7 Å². The van der Waals surface area contributed by atoms with Gasteiger partial charge in [0.25, 0.3) is 0 Å². The zero-order valence-electron chi connectivity index (χ0n) is 6.20. The van der Waals surface area contributed by atoms with E-state index in [1.807, 2.05) is 31.2 Å². The molecule has 0 bridgehead atoms. The Bertz CT molecular complexity index is 353. The molecule has 1 nitrogen and oxygen atoms in total. The van der Waals surface area contributed by atoms with Gasteiger partial charge in [-0.05, 0) is 24.1 Å². The highest BCUT2D eigenvalue weighted by molar-refractivity contribution is 7.88. The van der Waals surface area contributed by atoms with Gasteiger partial charge in [0.1, 0.15) is 0 Å². The summed E-state index contributed by atoms with van der Waals surface area (Å²) < 4.78 is 11.3. The standard InChI is InChI=1S/C9H8OS/c1-7-3-2-4-8-5-6-11(10)9(7)8/h2-6H,1H3. The fraction of sp³-hybridized carbons (Fsp3) is 0.111. The lowest BCUT2D eigenvalue weighted by atomic mass is 10.1. The first kappa shape index (κ1) is 6.80. The quantitative estimate of drug-likeness (QED) is 0.573. The van der Waals surface area contributed by atoms with E-state index in [0.717, 1.165) is 16.0 Å². The molecule has 0 aromatic heterocycles. The first-order chi connectivity index (χ1) is 5.29. The Kier molecular flexibility index (Phi) is 1.43. The zero-order chi connectivity index (χ0) is 7.84. The van der Waals surface area contributed by atoms with Gasteiger partial charge in [-0.1, -0.05) is 18.2 Å². The second-order valence-electron chi connectivity index (χ2n) is 2.59. The summed E-state index contributed by atoms with van der Waals surface area (Å²) in [6.07, 6.45) is 1.92. The van der Waals surface area contributed by atoms with Crippen LogP contribution in [-0.2, 0) is 10.8 Å². The van der Waals surface area contributed by atoms with Crippen LogP contribution in [0.4, 0.5) is 0 Å². The van der Waals surface area contributed by atoms with Crippen LogP contribution in [0, 0.1) is 6.92 Å². The van der Waals surface area contributed by atoms with Crippen molar-refractivity contribution in [3.63, 3.8) is 0 Å². The van der Waals surface area contributed by atoms with E-state index in [1.165, 1.54) is 0 Å². The van der Waals surface area contributed by atoms with E-state index < -0.39 is 10.8 Å². The Hall–Kier alpha value is -0.890. The first-order valence-electron chi connectivity index (χ1n) is 3.47. The second-order valence-corrected chi connectivity index (χ2v) is 3.87. The van der Waals surface area contributed by atoms with Gasteiger partial charge in [0.2, 0.25) is 0 Å². The molecule has 1 aliphatic rings. The molecule has 1 aromatic rings. The van der Waals surface area contributed by atoms with Crippen LogP contribution in [0.2, 0.25) is 0 Å². The minimum atomic E-state index is -0.890. The lowest BCUT2D eigenvalue weighted by Crippen LogP contribution is -1.88. The van der Waals surface area contributed by atoms with E-state index in [9.17, 15) is 4.21 Å². The van der Waals surface area contributed by atoms with E-state index in [2.05, 4.69) is 0 Å². The summed E-state index contributed by atoms with van der Waals surface area (Å²) in [6, 6.07) is 5.97. The van der Waals surface area contributed by atoms with Gasteiger partial charge in [0, 0.05) is 5.41 Å². The van der Waals surface area contributed by atoms with Crippen molar-refractivity contribution in [2.75, 3.05) is 0 Å². The van der Waals surface area contributed by atoms with E-state index in [0.29, 0.717) is 0 Å². The topological polar surface area (TPSA) is 17.1 Å². The predicted octanol–water partition coefficient (Wildman–Crippen LogP) is 2.09. The molecule has 0 saturated heterocycles. The molecule has 1 heterocycles. The molecular weight excluding hydrogens is 156 g/mol. The maximum atomic E-state index is 11.3. The van der Waals surface area contributed by atoms with Crippen LogP contribution in [0.25, 0.3) is 6.08 Å². The van der Waals surface area contributed by atoms with Crippen LogP contribution in [0.15, 0.2) is 28.5 Å². The Morgan fingerprint density at radius 1 is 1.36 bits per heavy atom. The van der Waals surface area contributed by atoms with Crippen LogP contribution in [0.5, 0.6) is 0 Å². The van der Waals surface area contributed by atoms with Gasteiger partial charge >= 0.3 is 0 Å². The van der Waals surface area contributed by atoms with Crippen molar-refractivity contribution in [2.45, 2.75) is 11.8 Å². The molecule has 0 N–H and O–H groups in total. The highest BCUT2D eigenvalue weighted by Crippen LogP contribution is 2.26. The van der Waals surface area contributed by atoms with Crippen molar-refractivity contribution in [2.24, 2.45) is 0 Å². The predicted molar refractivity (Wildman–Crippen MR) is 46.6 cm³/mol. The molecule has 1 unspecified atom stereocenters. The molecule has 0 saturated carbocycles. The molecule has 2 rings (SSSR count). The van der Waals surface area contributed by atoms with Crippen LogP contribution in [0.3, 0.4) is 0 Å². The van der Waals surface area contributed by atoms with Crippen molar-refractivity contribution >= 4 is 16.9 Å². The Morgan fingerprint density at radius 2 is 2.18 bits per heavy atom. The van der Waals surface area contributed by atoms with Crippen LogP contribution >= 0.6 is 0 Å². The molecule has 0 spiro atoms. The largest absolute Gasteiger partial charge is 0.250 e. The van der Waals surface area contributed by atoms with Crippen LogP contribution in [0.1, 0.15) is 11.1 Å². The number of benzene rings is 1. The summed E-state index contributed by atoms with van der Waals surface area (Å²) in [5, 5.41) is 1.73. The van der Waals surface area contributed by atoms with E-state index in [4.69, 9.17) is 0 Å². The average Bonchev–Trinajstić information content (AvgIpc) is 2.34. The maximum absolute atomic E-state index is 11.3. The second kappa shape index (κ2) is 2.31. The molecular formula is C9H8OS. The smallest absolute Gasteiger partial charge is 0.0784 e. The summed E-state index contributed by atoms with van der Waals surface area (Å²) in [5.74, 6) is 0. The van der Waals surface area contributed by atoms with Gasteiger partial charge in [-0.15, -0.1) is 0 Å². The lowest BCUT2D eigenvalue weighted by Gasteiger charge is -1.99. The minimum absolute atomic E-state index is 0.890. The van der Waals surface area contributed by atoms with Crippen molar-refractivity contribution in [1.82, 2.24) is 0 Å². The third-order valence-corrected chi connectivity index (χ3v) is 3.16. The lowest BCUT2D eigenvalue weighted by molar-refractivity contribution is 0.688. The highest BCUT2D eigenvalue weighted by Gasteiger charge is 2.13. The van der Waals surface area contributed by atoms with E-state index in [1.54, 1.807) is 5.41 Å². The number of hydrogen-bond acceptors (Lipinski definition) is 1. The monoisotopic (exact) mass is 164 g/mol. The summed E-state index contributed by atoms with van der Waals surface area (Å²) in [4.78, 5) is 0.979. The molecule has 1 aromatic carbocycles. The Morgan fingerprint density at radius 3 is 2.91 bits per heavy atom. The van der Waals surface area contributed by atoms with Crippen LogP contribution in [-0.4, -0.2) is 4.21 Å². The minimum Gasteiger partial charge on any atom is -0.250 e. The molecule has 0 aliphatic carbocycles. The Labute approximate surface area is 68.2 Å². The summed E-state index contributed by atoms with van der Waals surface area (Å²) in [6.45, 7) is 1.99. The molecule has 56 valence electrons. The summed E-state index contributed by atoms with van der Waals surface area (Å²) in [7, 11) is -0.890. The van der Waals surface area contributed by atoms with Crippen molar-refractivity contribution in [1.29, 1.82) is 0 Å². The molecule has 1 atom stereocenters. The van der Waals surface area contributed by atoms with E-state index >= 15 is 0 Å². The average molecular weight is 164 g/mol. The van der Waals surface area contributed by atoms with Gasteiger partial charge in [0.15, 0.2) is 0 Å². The molecule has 0 fully saturated rings. The van der Waals surface area contributed by atoms with Gasteiger partial charge in [-0.2, -0.15) is 0 Å². The van der Waals surface area contributed by atoms with Gasteiger partial charge in [0.05, 0.1) is 15.7 Å². The van der Waals surface area contributed by atoms with E-state index in [-0.39, 0.29) is 0 Å². The normalized spacial score (nSPS) is 20.3. The Balaban J connectivity index is 2.74. The highest BCUT2D eigenvalue weighted by atomic mass is 32.2. The molecule has 1 aliphatic heterocycles. The van der Waals surface area contributed by atoms with Crippen molar-refractivity contribution < 1.29 is 4.21 Å². The maximum Gasteiger partial charge on any atom is 0.0784 e. The number of aryl methyl sites for hydroxylation is 1. The van der Waals surface area contributed by atoms with Crippen molar-refractivity contribution in [3.8, 4) is 0 Å². The molecule has 0 radical (unpaired) electrons. The number of hydrogen-bond donors (Lipinski definition) is 0. The summed E-state index contributed by atoms with van der Waals surface area (Å²) >= 11 is 0. The third kappa shape index (κ3) is 0.942. The fourth-order valence-corrected chi connectivity index (χ4v) is 2.44. The number of fused-ring (bicyclic) bond motifs is 1. The number of rotatable bonds is 0. The van der Waals surface area contributed by atoms with Gasteiger partial charge in [-0.3, -0.25) is 0 Å². The third-order valence-electron chi connectivity index (χ3n) is 1.81. The van der Waals surface area contributed by atoms with Crippen LogP contribution < -0.4 is 0 Å². The first-order valence-corrected chi connectivity index (χ1v) is 4.69. The zero-order valence-corrected chi connectivity index (χ0v) is 7.02. The molecule has 0 amide bonds. The van der Waals surface area contributed by atoms with Gasteiger partial charge < -0.3 is 0 Å². The molecule has 2 heteroatoms. The summed E-state index contributed by atoms with van der Waals surface area (Å²) in [5.41, 5.74) is 2.22. The SMILES string of the molecule is Cc1cccc2c1S(=O)C=C2.